The van der Waals surface area contributed by atoms with E-state index in [1.165, 1.54) is 0 Å². The number of hydrogen-bond donors (Lipinski definition) is 1. The molecule has 7 heteroatoms. The van der Waals surface area contributed by atoms with Gasteiger partial charge in [-0.15, -0.1) is 0 Å². The van der Waals surface area contributed by atoms with Crippen molar-refractivity contribution in [3.8, 4) is 11.5 Å². The number of ether oxygens (including phenoxy) is 3. The number of nitrogens with zero attached hydrogens (tertiary/aromatic N) is 1. The molecular formula is C22H25BrN2O4. The Balaban J connectivity index is 1.75. The molecule has 1 saturated heterocycles. The van der Waals surface area contributed by atoms with Gasteiger partial charge in [0.25, 0.3) is 5.91 Å². The van der Waals surface area contributed by atoms with Crippen LogP contribution in [0.15, 0.2) is 40.9 Å². The fraction of sp³-hybridized carbons (Fsp3) is 0.409. The number of amides is 1. The van der Waals surface area contributed by atoms with Crippen molar-refractivity contribution in [2.45, 2.75) is 32.0 Å². The third-order valence-corrected chi connectivity index (χ3v) is 5.89. The lowest BCUT2D eigenvalue weighted by molar-refractivity contribution is 0.0426. The van der Waals surface area contributed by atoms with Crippen molar-refractivity contribution in [2.75, 3.05) is 32.2 Å². The third-order valence-electron chi connectivity index (χ3n) is 5.30. The Kier molecular flexibility index (Phi) is 5.96. The smallest absolute Gasteiger partial charge is 0.257 e. The van der Waals surface area contributed by atoms with Crippen LogP contribution in [0.25, 0.3) is 0 Å². The van der Waals surface area contributed by atoms with E-state index in [2.05, 4.69) is 21.2 Å². The topological polar surface area (TPSA) is 60.0 Å². The molecule has 0 aliphatic carbocycles. The van der Waals surface area contributed by atoms with Crippen LogP contribution in [-0.2, 0) is 4.74 Å². The van der Waals surface area contributed by atoms with Gasteiger partial charge in [-0.05, 0) is 65.5 Å². The zero-order valence-electron chi connectivity index (χ0n) is 16.6. The normalized spacial score (nSPS) is 20.9. The summed E-state index contributed by atoms with van der Waals surface area (Å²) in [5, 5.41) is 3.53. The first-order valence-electron chi connectivity index (χ1n) is 9.90. The first kappa shape index (κ1) is 20.0. The van der Waals surface area contributed by atoms with E-state index in [0.29, 0.717) is 30.2 Å². The van der Waals surface area contributed by atoms with Gasteiger partial charge in [0, 0.05) is 18.8 Å². The first-order chi connectivity index (χ1) is 14.1. The summed E-state index contributed by atoms with van der Waals surface area (Å²) in [5.74, 6) is 1.29. The van der Waals surface area contributed by atoms with Crippen molar-refractivity contribution < 1.29 is 19.0 Å². The Bertz CT molecular complexity index is 898. The molecule has 2 heterocycles. The van der Waals surface area contributed by atoms with Crippen molar-refractivity contribution in [2.24, 2.45) is 0 Å². The monoisotopic (exact) mass is 460 g/mol. The summed E-state index contributed by atoms with van der Waals surface area (Å²) in [6.07, 6.45) is 1.73. The molecule has 6 nitrogen and oxygen atoms in total. The van der Waals surface area contributed by atoms with Gasteiger partial charge >= 0.3 is 0 Å². The number of anilines is 1. The number of hydrogen-bond acceptors (Lipinski definition) is 5. The summed E-state index contributed by atoms with van der Waals surface area (Å²) >= 11 is 3.59. The Labute approximate surface area is 179 Å². The van der Waals surface area contributed by atoms with Crippen LogP contribution < -0.4 is 14.8 Å². The Morgan fingerprint density at radius 3 is 2.86 bits per heavy atom. The summed E-state index contributed by atoms with van der Waals surface area (Å²) in [5.41, 5.74) is 2.43. The molecule has 2 aromatic rings. The largest absolute Gasteiger partial charge is 0.492 e. The van der Waals surface area contributed by atoms with Crippen LogP contribution in [0.1, 0.15) is 41.9 Å². The zero-order chi connectivity index (χ0) is 20.4. The van der Waals surface area contributed by atoms with Crippen LogP contribution in [0, 0.1) is 0 Å². The van der Waals surface area contributed by atoms with Crippen molar-refractivity contribution in [1.82, 2.24) is 4.90 Å². The highest BCUT2D eigenvalue weighted by Crippen LogP contribution is 2.41. The summed E-state index contributed by atoms with van der Waals surface area (Å²) in [6.45, 7) is 3.75. The summed E-state index contributed by atoms with van der Waals surface area (Å²) in [4.78, 5) is 15.2. The number of halogens is 1. The van der Waals surface area contributed by atoms with Gasteiger partial charge in [0.05, 0.1) is 29.9 Å². The van der Waals surface area contributed by atoms with Crippen molar-refractivity contribution in [3.63, 3.8) is 0 Å². The highest BCUT2D eigenvalue weighted by atomic mass is 79.9. The van der Waals surface area contributed by atoms with Gasteiger partial charge in [0.15, 0.2) is 11.5 Å². The van der Waals surface area contributed by atoms with Crippen LogP contribution >= 0.6 is 15.9 Å². The molecule has 1 fully saturated rings. The van der Waals surface area contributed by atoms with Gasteiger partial charge in [-0.25, -0.2) is 0 Å². The molecule has 2 aromatic carbocycles. The molecule has 0 unspecified atom stereocenters. The number of methoxy groups -OCH3 is 1. The molecule has 0 spiro atoms. The quantitative estimate of drug-likeness (QED) is 0.682. The van der Waals surface area contributed by atoms with Gasteiger partial charge in [-0.3, -0.25) is 4.79 Å². The predicted molar refractivity (Wildman–Crippen MR) is 115 cm³/mol. The SMILES string of the molecule is CCOc1cc([C@H]2Nc3ccccc3C(=O)N2C[C@@H]2CCCO2)cc(Br)c1OC. The molecule has 2 aliphatic rings. The van der Waals surface area contributed by atoms with Crippen LogP contribution in [0.3, 0.4) is 0 Å². The molecule has 29 heavy (non-hydrogen) atoms. The number of rotatable bonds is 6. The predicted octanol–water partition coefficient (Wildman–Crippen LogP) is 4.60. The van der Waals surface area contributed by atoms with Crippen LogP contribution in [0.2, 0.25) is 0 Å². The van der Waals surface area contributed by atoms with E-state index < -0.39 is 0 Å². The Morgan fingerprint density at radius 2 is 2.14 bits per heavy atom. The standard InChI is InChI=1S/C22H25BrN2O4/c1-3-28-19-12-14(11-17(23)20(19)27-2)21-24-18-9-5-4-8-16(18)22(26)25(21)13-15-7-6-10-29-15/h4-5,8-9,11-12,15,21,24H,3,6-7,10,13H2,1-2H3/t15-,21-/m0/s1. The van der Waals surface area contributed by atoms with Crippen LogP contribution in [0.5, 0.6) is 11.5 Å². The molecule has 0 bridgehead atoms. The van der Waals surface area contributed by atoms with E-state index in [1.54, 1.807) is 7.11 Å². The molecule has 1 amide bonds. The zero-order valence-corrected chi connectivity index (χ0v) is 18.2. The number of carbonyl (C=O) groups is 1. The highest BCUT2D eigenvalue weighted by molar-refractivity contribution is 9.10. The minimum atomic E-state index is -0.331. The lowest BCUT2D eigenvalue weighted by Gasteiger charge is -2.39. The minimum absolute atomic E-state index is 0.00440. The maximum Gasteiger partial charge on any atom is 0.257 e. The van der Waals surface area contributed by atoms with Crippen molar-refractivity contribution in [3.05, 3.63) is 52.0 Å². The van der Waals surface area contributed by atoms with E-state index in [0.717, 1.165) is 35.2 Å². The second kappa shape index (κ2) is 8.63. The average Bonchev–Trinajstić information content (AvgIpc) is 3.23. The molecule has 4 rings (SSSR count). The molecular weight excluding hydrogens is 436 g/mol. The van der Waals surface area contributed by atoms with Crippen molar-refractivity contribution in [1.29, 1.82) is 0 Å². The van der Waals surface area contributed by atoms with Crippen LogP contribution in [-0.4, -0.2) is 43.8 Å². The number of carbonyl (C=O) groups excluding carboxylic acids is 1. The van der Waals surface area contributed by atoms with Crippen LogP contribution in [0.4, 0.5) is 5.69 Å². The lowest BCUT2D eigenvalue weighted by atomic mass is 10.0. The van der Waals surface area contributed by atoms with Crippen molar-refractivity contribution >= 4 is 27.5 Å². The molecule has 2 atom stereocenters. The van der Waals surface area contributed by atoms with E-state index in [4.69, 9.17) is 14.2 Å². The van der Waals surface area contributed by atoms with Gasteiger partial charge in [0.2, 0.25) is 0 Å². The summed E-state index contributed by atoms with van der Waals surface area (Å²) in [7, 11) is 1.62. The first-order valence-corrected chi connectivity index (χ1v) is 10.7. The molecule has 0 radical (unpaired) electrons. The van der Waals surface area contributed by atoms with Gasteiger partial charge in [0.1, 0.15) is 6.17 Å². The molecule has 2 aliphatic heterocycles. The second-order valence-electron chi connectivity index (χ2n) is 7.15. The maximum atomic E-state index is 13.4. The highest BCUT2D eigenvalue weighted by Gasteiger charge is 2.35. The van der Waals surface area contributed by atoms with Gasteiger partial charge in [-0.1, -0.05) is 12.1 Å². The van der Waals surface area contributed by atoms with E-state index in [1.807, 2.05) is 48.2 Å². The third kappa shape index (κ3) is 3.94. The molecule has 1 N–H and O–H groups in total. The summed E-state index contributed by atoms with van der Waals surface area (Å²) < 4.78 is 17.9. The fourth-order valence-electron chi connectivity index (χ4n) is 3.96. The Hall–Kier alpha value is -2.25. The second-order valence-corrected chi connectivity index (χ2v) is 8.01. The maximum absolute atomic E-state index is 13.4. The fourth-order valence-corrected chi connectivity index (χ4v) is 4.58. The minimum Gasteiger partial charge on any atom is -0.492 e. The molecule has 0 saturated carbocycles. The summed E-state index contributed by atoms with van der Waals surface area (Å²) in [6, 6.07) is 11.5. The van der Waals surface area contributed by atoms with Gasteiger partial charge in [-0.2, -0.15) is 0 Å². The van der Waals surface area contributed by atoms with Gasteiger partial charge < -0.3 is 24.4 Å². The number of benzene rings is 2. The van der Waals surface area contributed by atoms with E-state index in [9.17, 15) is 4.79 Å². The Morgan fingerprint density at radius 1 is 1.31 bits per heavy atom. The number of para-hydroxylation sites is 1. The number of nitrogens with one attached hydrogen (secondary N) is 1. The molecule has 154 valence electrons. The van der Waals surface area contributed by atoms with E-state index in [-0.39, 0.29) is 18.2 Å². The molecule has 0 aromatic heterocycles. The average molecular weight is 461 g/mol. The van der Waals surface area contributed by atoms with E-state index >= 15 is 0 Å². The lowest BCUT2D eigenvalue weighted by Crippen LogP contribution is -2.46. The number of fused-ring (bicyclic) bond motifs is 1.